The molecular weight excluding hydrogens is 291 g/mol. The molecule has 0 unspecified atom stereocenters. The van der Waals surface area contributed by atoms with Crippen molar-refractivity contribution in [1.29, 1.82) is 0 Å². The lowest BCUT2D eigenvalue weighted by Gasteiger charge is -2.06. The molecule has 0 saturated carbocycles. The minimum atomic E-state index is -0.478. The van der Waals surface area contributed by atoms with Crippen LogP contribution < -0.4 is 16.0 Å². The van der Waals surface area contributed by atoms with Gasteiger partial charge in [0.15, 0.2) is 11.6 Å². The average Bonchev–Trinajstić information content (AvgIpc) is 2.34. The van der Waals surface area contributed by atoms with Crippen molar-refractivity contribution >= 4 is 21.7 Å². The molecule has 0 amide bonds. The van der Waals surface area contributed by atoms with Crippen molar-refractivity contribution in [3.05, 3.63) is 40.9 Å². The average molecular weight is 299 g/mol. The van der Waals surface area contributed by atoms with Crippen molar-refractivity contribution in [3.63, 3.8) is 0 Å². The maximum Gasteiger partial charge on any atom is 0.224 e. The van der Waals surface area contributed by atoms with E-state index in [2.05, 4.69) is 31.3 Å². The number of nitrogen functional groups attached to an aromatic ring is 1. The second kappa shape index (κ2) is 5.07. The zero-order valence-electron chi connectivity index (χ0n) is 8.52. The minimum absolute atomic E-state index is 0.0704. The van der Waals surface area contributed by atoms with Crippen LogP contribution in [0.1, 0.15) is 0 Å². The van der Waals surface area contributed by atoms with Gasteiger partial charge in [-0.3, -0.25) is 0 Å². The fraction of sp³-hybridized carbons (Fsp3) is 0. The van der Waals surface area contributed by atoms with Gasteiger partial charge in [-0.15, -0.1) is 0 Å². The van der Waals surface area contributed by atoms with Crippen LogP contribution in [0, 0.1) is 5.82 Å². The number of benzene rings is 1. The Morgan fingerprint density at radius 1 is 1.29 bits per heavy atom. The first kappa shape index (κ1) is 11.7. The Bertz CT molecular complexity index is 537. The number of rotatable bonds is 3. The van der Waals surface area contributed by atoms with Gasteiger partial charge in [0.2, 0.25) is 5.88 Å². The number of nitrogens with two attached hydrogens (primary N) is 1. The van der Waals surface area contributed by atoms with Crippen LogP contribution in [-0.4, -0.2) is 9.97 Å². The summed E-state index contributed by atoms with van der Waals surface area (Å²) in [6.45, 7) is 0. The molecule has 2 aromatic rings. The Hall–Kier alpha value is -1.73. The molecular formula is C10H8BrFN4O. The number of hydrogen-bond acceptors (Lipinski definition) is 5. The summed E-state index contributed by atoms with van der Waals surface area (Å²) in [5.41, 5.74) is 2.35. The second-order valence-corrected chi connectivity index (χ2v) is 3.98. The van der Waals surface area contributed by atoms with Gasteiger partial charge in [0.05, 0.1) is 0 Å². The molecule has 0 radical (unpaired) electrons. The molecule has 7 heteroatoms. The van der Waals surface area contributed by atoms with E-state index < -0.39 is 5.82 Å². The van der Waals surface area contributed by atoms with Crippen LogP contribution in [-0.2, 0) is 0 Å². The number of anilines is 1. The van der Waals surface area contributed by atoms with Crippen molar-refractivity contribution in [1.82, 2.24) is 9.97 Å². The number of hydrogen-bond donors (Lipinski definition) is 2. The largest absolute Gasteiger partial charge is 0.436 e. The van der Waals surface area contributed by atoms with Gasteiger partial charge in [-0.1, -0.05) is 15.9 Å². The lowest BCUT2D eigenvalue weighted by atomic mass is 10.3. The van der Waals surface area contributed by atoms with Gasteiger partial charge in [-0.2, -0.15) is 0 Å². The molecule has 0 fully saturated rings. The normalized spacial score (nSPS) is 10.1. The summed E-state index contributed by atoms with van der Waals surface area (Å²) in [6, 6.07) is 5.84. The SMILES string of the molecule is NNc1cc(Oc2cc(Br)ccc2F)ncn1. The van der Waals surface area contributed by atoms with E-state index in [-0.39, 0.29) is 11.6 Å². The molecule has 88 valence electrons. The molecule has 3 N–H and O–H groups in total. The molecule has 1 heterocycles. The molecule has 5 nitrogen and oxygen atoms in total. The summed E-state index contributed by atoms with van der Waals surface area (Å²) in [5, 5.41) is 0. The third-order valence-corrected chi connectivity index (χ3v) is 2.39. The van der Waals surface area contributed by atoms with E-state index in [4.69, 9.17) is 10.6 Å². The van der Waals surface area contributed by atoms with E-state index >= 15 is 0 Å². The van der Waals surface area contributed by atoms with Crippen molar-refractivity contribution < 1.29 is 9.13 Å². The van der Waals surface area contributed by atoms with Crippen LogP contribution in [0.15, 0.2) is 35.1 Å². The highest BCUT2D eigenvalue weighted by Crippen LogP contribution is 2.26. The number of ether oxygens (including phenoxy) is 1. The predicted molar refractivity (Wildman–Crippen MR) is 64.0 cm³/mol. The van der Waals surface area contributed by atoms with Gasteiger partial charge in [-0.05, 0) is 18.2 Å². The van der Waals surface area contributed by atoms with Crippen molar-refractivity contribution in [2.45, 2.75) is 0 Å². The van der Waals surface area contributed by atoms with E-state index in [1.54, 1.807) is 6.07 Å². The number of aromatic nitrogens is 2. The number of halogens is 2. The molecule has 2 rings (SSSR count). The topological polar surface area (TPSA) is 73.1 Å². The summed E-state index contributed by atoms with van der Waals surface area (Å²) in [6.07, 6.45) is 1.26. The van der Waals surface area contributed by atoms with Gasteiger partial charge in [-0.25, -0.2) is 20.2 Å². The first-order chi connectivity index (χ1) is 8.19. The summed E-state index contributed by atoms with van der Waals surface area (Å²) < 4.78 is 19.4. The fourth-order valence-electron chi connectivity index (χ4n) is 1.14. The van der Waals surface area contributed by atoms with Gasteiger partial charge in [0, 0.05) is 10.5 Å². The van der Waals surface area contributed by atoms with Crippen molar-refractivity contribution in [2.75, 3.05) is 5.43 Å². The van der Waals surface area contributed by atoms with Gasteiger partial charge in [0.1, 0.15) is 12.1 Å². The molecule has 0 aliphatic carbocycles. The third kappa shape index (κ3) is 2.89. The first-order valence-corrected chi connectivity index (χ1v) is 5.40. The Morgan fingerprint density at radius 3 is 2.88 bits per heavy atom. The molecule has 0 aliphatic rings. The maximum absolute atomic E-state index is 13.4. The molecule has 0 atom stereocenters. The number of nitrogens with one attached hydrogen (secondary N) is 1. The molecule has 0 bridgehead atoms. The monoisotopic (exact) mass is 298 g/mol. The minimum Gasteiger partial charge on any atom is -0.436 e. The van der Waals surface area contributed by atoms with Gasteiger partial charge < -0.3 is 10.2 Å². The van der Waals surface area contributed by atoms with E-state index in [1.807, 2.05) is 0 Å². The highest BCUT2D eigenvalue weighted by Gasteiger charge is 2.07. The van der Waals surface area contributed by atoms with Crippen LogP contribution in [0.5, 0.6) is 11.6 Å². The van der Waals surface area contributed by atoms with Crippen LogP contribution in [0.2, 0.25) is 0 Å². The van der Waals surface area contributed by atoms with Crippen LogP contribution in [0.25, 0.3) is 0 Å². The molecule has 0 spiro atoms. The summed E-state index contributed by atoms with van der Waals surface area (Å²) in [7, 11) is 0. The third-order valence-electron chi connectivity index (χ3n) is 1.90. The Kier molecular flexibility index (Phi) is 3.50. The summed E-state index contributed by atoms with van der Waals surface area (Å²) in [5.74, 6) is 5.36. The Labute approximate surface area is 105 Å². The standard InChI is InChI=1S/C10H8BrFN4O/c11-6-1-2-7(12)8(3-6)17-10-4-9(16-13)14-5-15-10/h1-5H,13H2,(H,14,15,16). The lowest BCUT2D eigenvalue weighted by molar-refractivity contribution is 0.426. The van der Waals surface area contributed by atoms with E-state index in [9.17, 15) is 4.39 Å². The van der Waals surface area contributed by atoms with Crippen molar-refractivity contribution in [3.8, 4) is 11.6 Å². The Balaban J connectivity index is 2.27. The summed E-state index contributed by atoms with van der Waals surface area (Å²) >= 11 is 3.23. The maximum atomic E-state index is 13.4. The second-order valence-electron chi connectivity index (χ2n) is 3.06. The quantitative estimate of drug-likeness (QED) is 0.673. The van der Waals surface area contributed by atoms with Crippen molar-refractivity contribution in [2.24, 2.45) is 5.84 Å². The van der Waals surface area contributed by atoms with Crippen LogP contribution in [0.3, 0.4) is 0 Å². The fourth-order valence-corrected chi connectivity index (χ4v) is 1.48. The highest BCUT2D eigenvalue weighted by molar-refractivity contribution is 9.10. The van der Waals surface area contributed by atoms with E-state index in [1.165, 1.54) is 24.5 Å². The van der Waals surface area contributed by atoms with E-state index in [0.29, 0.717) is 10.3 Å². The molecule has 0 aliphatic heterocycles. The molecule has 1 aromatic carbocycles. The van der Waals surface area contributed by atoms with Gasteiger partial charge >= 0.3 is 0 Å². The number of nitrogens with zero attached hydrogens (tertiary/aromatic N) is 2. The van der Waals surface area contributed by atoms with Crippen LogP contribution >= 0.6 is 15.9 Å². The first-order valence-electron chi connectivity index (χ1n) is 4.60. The lowest BCUT2D eigenvalue weighted by Crippen LogP contribution is -2.08. The smallest absolute Gasteiger partial charge is 0.224 e. The number of hydrazine groups is 1. The van der Waals surface area contributed by atoms with Crippen LogP contribution in [0.4, 0.5) is 10.2 Å². The van der Waals surface area contributed by atoms with E-state index in [0.717, 1.165) is 0 Å². The molecule has 0 saturated heterocycles. The van der Waals surface area contributed by atoms with Gasteiger partial charge in [0.25, 0.3) is 0 Å². The Morgan fingerprint density at radius 2 is 2.12 bits per heavy atom. The predicted octanol–water partition coefficient (Wildman–Crippen LogP) is 2.46. The zero-order valence-corrected chi connectivity index (χ0v) is 10.1. The zero-order chi connectivity index (χ0) is 12.3. The molecule has 1 aromatic heterocycles. The summed E-state index contributed by atoms with van der Waals surface area (Å²) in [4.78, 5) is 7.65. The highest BCUT2D eigenvalue weighted by atomic mass is 79.9. The molecule has 17 heavy (non-hydrogen) atoms.